The summed E-state index contributed by atoms with van der Waals surface area (Å²) >= 11 is 1.90. The Balaban J connectivity index is 2.27. The topological polar surface area (TPSA) is 29.9 Å². The van der Waals surface area contributed by atoms with Gasteiger partial charge in [-0.2, -0.15) is 5.10 Å². The van der Waals surface area contributed by atoms with E-state index in [1.165, 1.54) is 17.7 Å². The second-order valence-electron chi connectivity index (χ2n) is 4.37. The summed E-state index contributed by atoms with van der Waals surface area (Å²) in [7, 11) is 1.96. The molecule has 1 aromatic rings. The number of hydrogen-bond donors (Lipinski definition) is 1. The van der Waals surface area contributed by atoms with Crippen LogP contribution >= 0.6 is 11.8 Å². The van der Waals surface area contributed by atoms with Crippen LogP contribution in [0.5, 0.6) is 0 Å². The van der Waals surface area contributed by atoms with E-state index in [1.54, 1.807) is 0 Å². The second-order valence-corrected chi connectivity index (χ2v) is 5.88. The minimum Gasteiger partial charge on any atom is -0.314 e. The van der Waals surface area contributed by atoms with Crippen molar-refractivity contribution in [1.29, 1.82) is 0 Å². The number of aryl methyl sites for hydroxylation is 1. The van der Waals surface area contributed by atoms with Gasteiger partial charge in [0.1, 0.15) is 0 Å². The Morgan fingerprint density at radius 3 is 2.81 bits per heavy atom. The first-order valence-electron chi connectivity index (χ1n) is 6.00. The molecule has 0 aliphatic heterocycles. The van der Waals surface area contributed by atoms with Crippen molar-refractivity contribution in [2.45, 2.75) is 49.8 Å². The molecule has 2 atom stereocenters. The molecule has 16 heavy (non-hydrogen) atoms. The monoisotopic (exact) mass is 241 g/mol. The van der Waals surface area contributed by atoms with Crippen molar-refractivity contribution in [3.05, 3.63) is 12.4 Å². The number of nitrogens with one attached hydrogen (secondary N) is 1. The summed E-state index contributed by atoms with van der Waals surface area (Å²) in [6, 6.07) is 0.596. The zero-order chi connectivity index (χ0) is 12.0. The van der Waals surface area contributed by atoms with Crippen LogP contribution in [0.3, 0.4) is 0 Å². The molecule has 1 aromatic heterocycles. The lowest BCUT2D eigenvalue weighted by molar-refractivity contribution is 0.513. The van der Waals surface area contributed by atoms with Crippen LogP contribution in [0.25, 0.3) is 0 Å². The summed E-state index contributed by atoms with van der Waals surface area (Å²) in [6.45, 7) is 7.86. The minimum absolute atomic E-state index is 0.596. The highest BCUT2D eigenvalue weighted by atomic mass is 32.2. The molecule has 0 aliphatic rings. The summed E-state index contributed by atoms with van der Waals surface area (Å²) in [4.78, 5) is 1.26. The highest BCUT2D eigenvalue weighted by molar-refractivity contribution is 7.99. The molecule has 0 aromatic carbocycles. The highest BCUT2D eigenvalue weighted by Gasteiger charge is 2.10. The van der Waals surface area contributed by atoms with E-state index in [0.717, 1.165) is 6.54 Å². The number of thioether (sulfide) groups is 1. The third-order valence-electron chi connectivity index (χ3n) is 2.45. The van der Waals surface area contributed by atoms with E-state index in [2.05, 4.69) is 37.4 Å². The van der Waals surface area contributed by atoms with Crippen molar-refractivity contribution in [3.63, 3.8) is 0 Å². The summed E-state index contributed by atoms with van der Waals surface area (Å²) in [6.07, 6.45) is 6.41. The predicted molar refractivity (Wildman–Crippen MR) is 70.9 cm³/mol. The first kappa shape index (κ1) is 13.6. The number of hydrogen-bond acceptors (Lipinski definition) is 3. The standard InChI is InChI=1S/C12H23N3S/c1-5-6-13-10(2)7-11(3)16-12-8-14-15(4)9-12/h8-11,13H,5-7H2,1-4H3. The van der Waals surface area contributed by atoms with Crippen LogP contribution in [0.2, 0.25) is 0 Å². The lowest BCUT2D eigenvalue weighted by atomic mass is 10.2. The molecule has 1 rings (SSSR count). The van der Waals surface area contributed by atoms with E-state index in [4.69, 9.17) is 0 Å². The van der Waals surface area contributed by atoms with Crippen LogP contribution in [0.1, 0.15) is 33.6 Å². The third kappa shape index (κ3) is 5.03. The molecule has 92 valence electrons. The molecule has 2 unspecified atom stereocenters. The zero-order valence-electron chi connectivity index (χ0n) is 10.7. The number of aromatic nitrogens is 2. The van der Waals surface area contributed by atoms with Crippen LogP contribution in [0.15, 0.2) is 17.3 Å². The maximum Gasteiger partial charge on any atom is 0.0625 e. The summed E-state index contributed by atoms with van der Waals surface area (Å²) in [5.74, 6) is 0. The van der Waals surface area contributed by atoms with Gasteiger partial charge in [0, 0.05) is 29.4 Å². The quantitative estimate of drug-likeness (QED) is 0.744. The Labute approximate surface area is 103 Å². The fraction of sp³-hybridized carbons (Fsp3) is 0.750. The second kappa shape index (κ2) is 6.97. The fourth-order valence-electron chi connectivity index (χ4n) is 1.71. The van der Waals surface area contributed by atoms with E-state index in [9.17, 15) is 0 Å². The molecule has 0 aliphatic carbocycles. The Morgan fingerprint density at radius 1 is 1.50 bits per heavy atom. The van der Waals surface area contributed by atoms with E-state index in [0.29, 0.717) is 11.3 Å². The van der Waals surface area contributed by atoms with Gasteiger partial charge in [-0.15, -0.1) is 11.8 Å². The van der Waals surface area contributed by atoms with Gasteiger partial charge in [-0.1, -0.05) is 13.8 Å². The molecule has 0 radical (unpaired) electrons. The molecular weight excluding hydrogens is 218 g/mol. The van der Waals surface area contributed by atoms with Crippen LogP contribution in [-0.2, 0) is 7.05 Å². The van der Waals surface area contributed by atoms with Gasteiger partial charge in [-0.25, -0.2) is 0 Å². The Kier molecular flexibility index (Phi) is 5.91. The van der Waals surface area contributed by atoms with Crippen molar-refractivity contribution in [3.8, 4) is 0 Å². The Hall–Kier alpha value is -0.480. The van der Waals surface area contributed by atoms with Gasteiger partial charge < -0.3 is 5.32 Å². The molecule has 0 fully saturated rings. The van der Waals surface area contributed by atoms with Crippen LogP contribution in [0, 0.1) is 0 Å². The third-order valence-corrected chi connectivity index (χ3v) is 3.52. The van der Waals surface area contributed by atoms with Crippen LogP contribution < -0.4 is 5.32 Å². The largest absolute Gasteiger partial charge is 0.314 e. The first-order valence-corrected chi connectivity index (χ1v) is 6.88. The van der Waals surface area contributed by atoms with E-state index >= 15 is 0 Å². The molecular formula is C12H23N3S. The van der Waals surface area contributed by atoms with E-state index in [-0.39, 0.29) is 0 Å². The summed E-state index contributed by atoms with van der Waals surface area (Å²) in [5, 5.41) is 8.33. The highest BCUT2D eigenvalue weighted by Crippen LogP contribution is 2.25. The molecule has 0 amide bonds. The van der Waals surface area contributed by atoms with Crippen LogP contribution in [0.4, 0.5) is 0 Å². The first-order chi connectivity index (χ1) is 7.61. The number of rotatable bonds is 7. The smallest absolute Gasteiger partial charge is 0.0625 e. The maximum absolute atomic E-state index is 4.18. The molecule has 0 saturated carbocycles. The molecule has 0 bridgehead atoms. The van der Waals surface area contributed by atoms with Crippen molar-refractivity contribution in [1.82, 2.24) is 15.1 Å². The molecule has 3 nitrogen and oxygen atoms in total. The molecule has 1 N–H and O–H groups in total. The van der Waals surface area contributed by atoms with Crippen molar-refractivity contribution < 1.29 is 0 Å². The van der Waals surface area contributed by atoms with Gasteiger partial charge in [-0.05, 0) is 26.3 Å². The van der Waals surface area contributed by atoms with Gasteiger partial charge >= 0.3 is 0 Å². The summed E-state index contributed by atoms with van der Waals surface area (Å²) < 4.78 is 1.85. The molecule has 0 saturated heterocycles. The predicted octanol–water partition coefficient (Wildman–Crippen LogP) is 2.68. The average Bonchev–Trinajstić information content (AvgIpc) is 2.60. The lowest BCUT2D eigenvalue weighted by Crippen LogP contribution is -2.29. The summed E-state index contributed by atoms with van der Waals surface area (Å²) in [5.41, 5.74) is 0. The molecule has 1 heterocycles. The van der Waals surface area contributed by atoms with Crippen molar-refractivity contribution >= 4 is 11.8 Å². The average molecular weight is 241 g/mol. The minimum atomic E-state index is 0.596. The lowest BCUT2D eigenvalue weighted by Gasteiger charge is -2.17. The molecule has 4 heteroatoms. The maximum atomic E-state index is 4.18. The van der Waals surface area contributed by atoms with Gasteiger partial charge in [0.05, 0.1) is 6.20 Å². The van der Waals surface area contributed by atoms with E-state index in [1.807, 2.05) is 29.7 Å². The van der Waals surface area contributed by atoms with E-state index < -0.39 is 0 Å². The van der Waals surface area contributed by atoms with Gasteiger partial charge in [-0.3, -0.25) is 4.68 Å². The van der Waals surface area contributed by atoms with Crippen molar-refractivity contribution in [2.24, 2.45) is 7.05 Å². The molecule has 0 spiro atoms. The number of nitrogens with zero attached hydrogens (tertiary/aromatic N) is 2. The Bertz CT molecular complexity index is 298. The van der Waals surface area contributed by atoms with Crippen LogP contribution in [-0.4, -0.2) is 27.6 Å². The van der Waals surface area contributed by atoms with Gasteiger partial charge in [0.15, 0.2) is 0 Å². The SMILES string of the molecule is CCCNC(C)CC(C)Sc1cnn(C)c1. The van der Waals surface area contributed by atoms with Crippen molar-refractivity contribution in [2.75, 3.05) is 6.54 Å². The van der Waals surface area contributed by atoms with Gasteiger partial charge in [0.2, 0.25) is 0 Å². The zero-order valence-corrected chi connectivity index (χ0v) is 11.5. The fourth-order valence-corrected chi connectivity index (χ4v) is 2.88. The normalized spacial score (nSPS) is 15.0. The van der Waals surface area contributed by atoms with Gasteiger partial charge in [0.25, 0.3) is 0 Å². The Morgan fingerprint density at radius 2 is 2.25 bits per heavy atom.